The lowest BCUT2D eigenvalue weighted by Crippen LogP contribution is -2.26. The highest BCUT2D eigenvalue weighted by Crippen LogP contribution is 2.28. The van der Waals surface area contributed by atoms with Crippen LogP contribution in [0.1, 0.15) is 12.5 Å². The van der Waals surface area contributed by atoms with E-state index in [0.717, 1.165) is 5.56 Å². The van der Waals surface area contributed by atoms with Crippen LogP contribution in [-0.4, -0.2) is 26.7 Å². The molecule has 0 spiro atoms. The number of hydrogen-bond acceptors (Lipinski definition) is 3. The van der Waals surface area contributed by atoms with Crippen LogP contribution in [0.15, 0.2) is 18.2 Å². The molecule has 1 amide bonds. The van der Waals surface area contributed by atoms with E-state index in [1.54, 1.807) is 14.2 Å². The van der Waals surface area contributed by atoms with Crippen LogP contribution in [0.2, 0.25) is 0 Å². The predicted octanol–water partition coefficient (Wildman–Crippen LogP) is 1.63. The van der Waals surface area contributed by atoms with Gasteiger partial charge in [-0.15, -0.1) is 6.42 Å². The molecule has 1 atom stereocenters. The molecule has 0 bridgehead atoms. The largest absolute Gasteiger partial charge is 0.493 e. The Labute approximate surface area is 114 Å². The molecule has 0 aliphatic rings. The van der Waals surface area contributed by atoms with Crippen LogP contribution in [-0.2, 0) is 11.2 Å². The zero-order chi connectivity index (χ0) is 14.3. The third-order valence-corrected chi connectivity index (χ3v) is 2.77. The maximum atomic E-state index is 11.5. The van der Waals surface area contributed by atoms with Crippen LogP contribution in [0.3, 0.4) is 0 Å². The Balaban J connectivity index is 2.82. The van der Waals surface area contributed by atoms with Crippen molar-refractivity contribution in [3.05, 3.63) is 23.8 Å². The molecule has 4 nitrogen and oxygen atoms in total. The molecule has 0 aliphatic carbocycles. The number of ether oxygens (including phenoxy) is 2. The van der Waals surface area contributed by atoms with Gasteiger partial charge in [-0.2, -0.15) is 0 Å². The lowest BCUT2D eigenvalue weighted by molar-refractivity contribution is -0.123. The number of hydrogen-bond donors (Lipinski definition) is 1. The summed E-state index contributed by atoms with van der Waals surface area (Å²) in [7, 11) is 3.21. The smallest absolute Gasteiger partial charge is 0.222 e. The van der Waals surface area contributed by atoms with Crippen molar-refractivity contribution in [3.63, 3.8) is 0 Å². The van der Waals surface area contributed by atoms with Crippen LogP contribution in [0, 0.1) is 18.3 Å². The van der Waals surface area contributed by atoms with E-state index in [9.17, 15) is 4.79 Å². The summed E-state index contributed by atoms with van der Waals surface area (Å²) in [5.74, 6) is 3.57. The van der Waals surface area contributed by atoms with E-state index >= 15 is 0 Å². The zero-order valence-corrected chi connectivity index (χ0v) is 11.5. The summed E-state index contributed by atoms with van der Waals surface area (Å²) in [6.45, 7) is 2.08. The SMILES string of the molecule is C#CCOc1ccc(CC(C)C(=O)NC)cc1OC. The third kappa shape index (κ3) is 4.22. The molecule has 1 N–H and O–H groups in total. The maximum absolute atomic E-state index is 11.5. The number of carbonyl (C=O) groups excluding carboxylic acids is 1. The average molecular weight is 261 g/mol. The van der Waals surface area contributed by atoms with Crippen LogP contribution >= 0.6 is 0 Å². The quantitative estimate of drug-likeness (QED) is 0.792. The van der Waals surface area contributed by atoms with Crippen LogP contribution in [0.5, 0.6) is 11.5 Å². The lowest BCUT2D eigenvalue weighted by Gasteiger charge is -2.13. The van der Waals surface area contributed by atoms with Gasteiger partial charge in [-0.05, 0) is 24.1 Å². The number of terminal acetylenes is 1. The van der Waals surface area contributed by atoms with Gasteiger partial charge in [0.15, 0.2) is 11.5 Å². The Morgan fingerprint density at radius 2 is 2.21 bits per heavy atom. The number of rotatable bonds is 6. The van der Waals surface area contributed by atoms with E-state index < -0.39 is 0 Å². The Bertz CT molecular complexity index is 477. The van der Waals surface area contributed by atoms with Gasteiger partial charge >= 0.3 is 0 Å². The molecule has 0 saturated carbocycles. The van der Waals surface area contributed by atoms with E-state index in [1.165, 1.54) is 0 Å². The van der Waals surface area contributed by atoms with Gasteiger partial charge < -0.3 is 14.8 Å². The van der Waals surface area contributed by atoms with E-state index in [-0.39, 0.29) is 18.4 Å². The van der Waals surface area contributed by atoms with Gasteiger partial charge in [-0.1, -0.05) is 18.9 Å². The Hall–Kier alpha value is -2.15. The molecule has 0 radical (unpaired) electrons. The summed E-state index contributed by atoms with van der Waals surface area (Å²) in [5, 5.41) is 2.64. The topological polar surface area (TPSA) is 47.6 Å². The molecule has 1 aromatic carbocycles. The van der Waals surface area contributed by atoms with Crippen LogP contribution in [0.25, 0.3) is 0 Å². The summed E-state index contributed by atoms with van der Waals surface area (Å²) in [6, 6.07) is 5.58. The highest BCUT2D eigenvalue weighted by Gasteiger charge is 2.13. The van der Waals surface area contributed by atoms with Crippen molar-refractivity contribution in [2.24, 2.45) is 5.92 Å². The van der Waals surface area contributed by atoms with E-state index in [4.69, 9.17) is 15.9 Å². The Kier molecular flexibility index (Phi) is 5.74. The molecular weight excluding hydrogens is 242 g/mol. The molecule has 1 aromatic rings. The molecule has 102 valence electrons. The number of methoxy groups -OCH3 is 1. The molecule has 1 unspecified atom stereocenters. The second-order valence-corrected chi connectivity index (χ2v) is 4.20. The Morgan fingerprint density at radius 3 is 2.79 bits per heavy atom. The van der Waals surface area contributed by atoms with Crippen molar-refractivity contribution in [3.8, 4) is 23.8 Å². The molecule has 0 saturated heterocycles. The van der Waals surface area contributed by atoms with Gasteiger partial charge in [0, 0.05) is 13.0 Å². The van der Waals surface area contributed by atoms with Crippen molar-refractivity contribution in [1.29, 1.82) is 0 Å². The van der Waals surface area contributed by atoms with Gasteiger partial charge in [0.1, 0.15) is 6.61 Å². The predicted molar refractivity (Wildman–Crippen MR) is 74.3 cm³/mol. The van der Waals surface area contributed by atoms with Gasteiger partial charge in [0.05, 0.1) is 7.11 Å². The van der Waals surface area contributed by atoms with E-state index in [1.807, 2.05) is 25.1 Å². The summed E-state index contributed by atoms with van der Waals surface area (Å²) in [6.07, 6.45) is 5.80. The molecule has 0 aromatic heterocycles. The number of benzene rings is 1. The second-order valence-electron chi connectivity index (χ2n) is 4.20. The van der Waals surface area contributed by atoms with Crippen molar-refractivity contribution in [2.45, 2.75) is 13.3 Å². The summed E-state index contributed by atoms with van der Waals surface area (Å²) < 4.78 is 10.6. The highest BCUT2D eigenvalue weighted by molar-refractivity contribution is 5.78. The minimum Gasteiger partial charge on any atom is -0.493 e. The summed E-state index contributed by atoms with van der Waals surface area (Å²) >= 11 is 0. The minimum atomic E-state index is -0.0906. The molecule has 19 heavy (non-hydrogen) atoms. The number of amides is 1. The lowest BCUT2D eigenvalue weighted by atomic mass is 10.00. The first-order valence-corrected chi connectivity index (χ1v) is 6.07. The first kappa shape index (κ1) is 14.9. The van der Waals surface area contributed by atoms with Gasteiger partial charge in [0.25, 0.3) is 0 Å². The molecule has 0 heterocycles. The fraction of sp³-hybridized carbons (Fsp3) is 0.400. The van der Waals surface area contributed by atoms with Crippen LogP contribution in [0.4, 0.5) is 0 Å². The Morgan fingerprint density at radius 1 is 1.47 bits per heavy atom. The standard InChI is InChI=1S/C15H19NO3/c1-5-8-19-13-7-6-12(10-14(13)18-4)9-11(2)15(17)16-3/h1,6-7,10-11H,8-9H2,2-4H3,(H,16,17). The van der Waals surface area contributed by atoms with Crippen molar-refractivity contribution >= 4 is 5.91 Å². The molecule has 0 fully saturated rings. The van der Waals surface area contributed by atoms with Crippen molar-refractivity contribution < 1.29 is 14.3 Å². The monoisotopic (exact) mass is 261 g/mol. The maximum Gasteiger partial charge on any atom is 0.222 e. The van der Waals surface area contributed by atoms with E-state index in [2.05, 4.69) is 11.2 Å². The van der Waals surface area contributed by atoms with Crippen molar-refractivity contribution in [1.82, 2.24) is 5.32 Å². The molecule has 4 heteroatoms. The third-order valence-electron chi connectivity index (χ3n) is 2.77. The van der Waals surface area contributed by atoms with Gasteiger partial charge in [-0.25, -0.2) is 0 Å². The van der Waals surface area contributed by atoms with Crippen LogP contribution < -0.4 is 14.8 Å². The average Bonchev–Trinajstić information content (AvgIpc) is 2.44. The first-order chi connectivity index (χ1) is 9.12. The summed E-state index contributed by atoms with van der Waals surface area (Å²) in [5.41, 5.74) is 1.01. The number of nitrogens with one attached hydrogen (secondary N) is 1. The van der Waals surface area contributed by atoms with Crippen molar-refractivity contribution in [2.75, 3.05) is 20.8 Å². The molecule has 1 rings (SSSR count). The molecular formula is C15H19NO3. The summed E-state index contributed by atoms with van der Waals surface area (Å²) in [4.78, 5) is 11.5. The normalized spacial score (nSPS) is 11.3. The minimum absolute atomic E-state index is 0.0200. The van der Waals surface area contributed by atoms with Gasteiger partial charge in [0.2, 0.25) is 5.91 Å². The fourth-order valence-corrected chi connectivity index (χ4v) is 1.77. The van der Waals surface area contributed by atoms with E-state index in [0.29, 0.717) is 17.9 Å². The highest BCUT2D eigenvalue weighted by atomic mass is 16.5. The zero-order valence-electron chi connectivity index (χ0n) is 11.5. The van der Waals surface area contributed by atoms with Gasteiger partial charge in [-0.3, -0.25) is 4.79 Å². The molecule has 0 aliphatic heterocycles. The number of carbonyl (C=O) groups is 1. The second kappa shape index (κ2) is 7.32. The fourth-order valence-electron chi connectivity index (χ4n) is 1.77. The first-order valence-electron chi connectivity index (χ1n) is 6.07.